The van der Waals surface area contributed by atoms with Gasteiger partial charge in [0, 0.05) is 16.8 Å². The van der Waals surface area contributed by atoms with Crippen molar-refractivity contribution >= 4 is 27.8 Å². The van der Waals surface area contributed by atoms with E-state index in [1.165, 1.54) is 5.56 Å². The number of rotatable bonds is 5. The lowest BCUT2D eigenvalue weighted by Crippen LogP contribution is -2.27. The van der Waals surface area contributed by atoms with Gasteiger partial charge in [0.15, 0.2) is 11.6 Å². The highest BCUT2D eigenvalue weighted by Gasteiger charge is 2.39. The van der Waals surface area contributed by atoms with Crippen molar-refractivity contribution < 1.29 is 8.78 Å². The Labute approximate surface area is 262 Å². The van der Waals surface area contributed by atoms with Crippen LogP contribution in [0.5, 0.6) is 0 Å². The molecule has 3 aromatic carbocycles. The van der Waals surface area contributed by atoms with Crippen molar-refractivity contribution in [3.8, 4) is 0 Å². The third-order valence-electron chi connectivity index (χ3n) is 10.2. The van der Waals surface area contributed by atoms with Gasteiger partial charge in [-0.1, -0.05) is 45.0 Å². The van der Waals surface area contributed by atoms with Crippen molar-refractivity contribution in [2.24, 2.45) is 0 Å². The fraction of sp³-hybridized carbons (Fsp3) is 0.444. The minimum Gasteiger partial charge on any atom is -0.357 e. The number of benzene rings is 3. The third kappa shape index (κ3) is 4.91. The normalized spacial score (nSPS) is 24.1. The number of halogens is 2. The third-order valence-corrected chi connectivity index (χ3v) is 10.2. The van der Waals surface area contributed by atoms with E-state index in [1.807, 2.05) is 24.3 Å². The van der Waals surface area contributed by atoms with Crippen LogP contribution in [0.2, 0.25) is 0 Å². The molecule has 0 spiro atoms. The van der Waals surface area contributed by atoms with Gasteiger partial charge in [0.2, 0.25) is 0 Å². The summed E-state index contributed by atoms with van der Waals surface area (Å²) in [6.45, 7) is 8.47. The molecule has 0 radical (unpaired) electrons. The highest BCUT2D eigenvalue weighted by molar-refractivity contribution is 5.79. The molecule has 3 aliphatic rings. The van der Waals surface area contributed by atoms with Crippen molar-refractivity contribution in [1.29, 1.82) is 0 Å². The summed E-state index contributed by atoms with van der Waals surface area (Å²) in [5.41, 5.74) is 5.51. The first-order chi connectivity index (χ1) is 21.8. The van der Waals surface area contributed by atoms with Crippen molar-refractivity contribution in [3.63, 3.8) is 0 Å². The largest absolute Gasteiger partial charge is 0.357 e. The summed E-state index contributed by atoms with van der Waals surface area (Å²) >= 11 is 0. The van der Waals surface area contributed by atoms with Crippen LogP contribution in [0.25, 0.3) is 22.1 Å². The first kappa shape index (κ1) is 28.6. The average Bonchev–Trinajstić information content (AvgIpc) is 3.86. The molecule has 0 aliphatic carbocycles. The SMILES string of the molecule is CC(C)(C)c1ccc(N2[C@@H](c3ccc4[nH]c(C5CCCN5)nc4c3F)CC[C@H]2c2ccc3[nH]c(C4CCCN4)nc3c2F)cc1. The molecule has 8 rings (SSSR count). The lowest BCUT2D eigenvalue weighted by Gasteiger charge is -2.34. The number of aromatic nitrogens is 4. The molecule has 0 bridgehead atoms. The van der Waals surface area contributed by atoms with Gasteiger partial charge in [0.1, 0.15) is 22.7 Å². The summed E-state index contributed by atoms with van der Waals surface area (Å²) in [6, 6.07) is 15.9. The summed E-state index contributed by atoms with van der Waals surface area (Å²) in [6.07, 6.45) is 5.52. The van der Waals surface area contributed by atoms with E-state index < -0.39 is 0 Å². The summed E-state index contributed by atoms with van der Waals surface area (Å²) in [7, 11) is 0. The molecular weight excluding hydrogens is 568 g/mol. The second-order valence-electron chi connectivity index (χ2n) is 14.1. The van der Waals surface area contributed by atoms with Crippen LogP contribution in [-0.2, 0) is 5.41 Å². The van der Waals surface area contributed by atoms with Crippen LogP contribution >= 0.6 is 0 Å². The molecule has 234 valence electrons. The molecule has 5 heterocycles. The Bertz CT molecular complexity index is 1750. The molecule has 2 aromatic heterocycles. The van der Waals surface area contributed by atoms with Crippen LogP contribution in [0.15, 0.2) is 48.5 Å². The number of anilines is 1. The quantitative estimate of drug-likeness (QED) is 0.163. The van der Waals surface area contributed by atoms with Crippen LogP contribution < -0.4 is 15.5 Å². The summed E-state index contributed by atoms with van der Waals surface area (Å²) < 4.78 is 32.9. The van der Waals surface area contributed by atoms with Gasteiger partial charge in [-0.15, -0.1) is 0 Å². The summed E-state index contributed by atoms with van der Waals surface area (Å²) in [5.74, 6) is 0.983. The monoisotopic (exact) mass is 609 g/mol. The Morgan fingerprint density at radius 3 is 1.58 bits per heavy atom. The fourth-order valence-electron chi connectivity index (χ4n) is 7.75. The molecule has 9 heteroatoms. The molecular formula is C36H41F2N7. The minimum atomic E-state index is -0.299. The zero-order valence-corrected chi connectivity index (χ0v) is 26.2. The van der Waals surface area contributed by atoms with Crippen LogP contribution in [0, 0.1) is 11.6 Å². The van der Waals surface area contributed by atoms with Crippen LogP contribution in [-0.4, -0.2) is 33.0 Å². The maximum Gasteiger partial charge on any atom is 0.156 e. The van der Waals surface area contributed by atoms with Crippen molar-refractivity contribution in [2.45, 2.75) is 88.9 Å². The molecule has 2 unspecified atom stereocenters. The van der Waals surface area contributed by atoms with Crippen LogP contribution in [0.1, 0.15) is 112 Å². The molecule has 3 aliphatic heterocycles. The Morgan fingerprint density at radius 2 is 1.16 bits per heavy atom. The smallest absolute Gasteiger partial charge is 0.156 e. The van der Waals surface area contributed by atoms with E-state index in [-0.39, 0.29) is 41.2 Å². The summed E-state index contributed by atoms with van der Waals surface area (Å²) in [4.78, 5) is 18.4. The second kappa shape index (κ2) is 10.9. The van der Waals surface area contributed by atoms with Crippen molar-refractivity contribution in [2.75, 3.05) is 18.0 Å². The molecule has 4 N–H and O–H groups in total. The Hall–Kier alpha value is -3.82. The Balaban J connectivity index is 1.21. The van der Waals surface area contributed by atoms with Crippen LogP contribution in [0.3, 0.4) is 0 Å². The van der Waals surface area contributed by atoms with E-state index in [2.05, 4.69) is 70.5 Å². The predicted octanol–water partition coefficient (Wildman–Crippen LogP) is 7.95. The Kier molecular flexibility index (Phi) is 6.95. The highest BCUT2D eigenvalue weighted by Crippen LogP contribution is 2.49. The minimum absolute atomic E-state index is 0.00566. The van der Waals surface area contributed by atoms with Gasteiger partial charge in [-0.3, -0.25) is 0 Å². The van der Waals surface area contributed by atoms with Gasteiger partial charge in [0.25, 0.3) is 0 Å². The topological polar surface area (TPSA) is 84.7 Å². The first-order valence-electron chi connectivity index (χ1n) is 16.5. The summed E-state index contributed by atoms with van der Waals surface area (Å²) in [5, 5.41) is 6.91. The standard InChI is InChI=1S/C36H41F2N7/c1-36(2,3)20-8-10-21(11-9-20)45-28(22-12-14-24-32(30(22)37)43-34(41-24)26-6-4-18-39-26)16-17-29(45)23-13-15-25-33(31(23)38)44-35(42-25)27-7-5-19-40-27/h8-15,26-29,39-40H,4-7,16-19H2,1-3H3,(H,41,43)(H,42,44)/t26?,27?,28-,29+. The number of H-pyrrole nitrogens is 2. The predicted molar refractivity (Wildman–Crippen MR) is 174 cm³/mol. The van der Waals surface area contributed by atoms with E-state index in [0.29, 0.717) is 46.0 Å². The zero-order valence-electron chi connectivity index (χ0n) is 26.2. The number of fused-ring (bicyclic) bond motifs is 2. The highest BCUT2D eigenvalue weighted by atomic mass is 19.1. The number of nitrogens with one attached hydrogen (secondary N) is 4. The van der Waals surface area contributed by atoms with Gasteiger partial charge in [-0.2, -0.15) is 0 Å². The van der Waals surface area contributed by atoms with E-state index >= 15 is 8.78 Å². The van der Waals surface area contributed by atoms with Crippen molar-refractivity contribution in [1.82, 2.24) is 30.6 Å². The number of hydrogen-bond donors (Lipinski definition) is 4. The van der Waals surface area contributed by atoms with Crippen LogP contribution in [0.4, 0.5) is 14.5 Å². The molecule has 0 amide bonds. The lowest BCUT2D eigenvalue weighted by atomic mass is 9.87. The fourth-order valence-corrected chi connectivity index (χ4v) is 7.75. The molecule has 4 atom stereocenters. The maximum absolute atomic E-state index is 16.5. The van der Waals surface area contributed by atoms with E-state index in [9.17, 15) is 0 Å². The molecule has 7 nitrogen and oxygen atoms in total. The molecule has 3 fully saturated rings. The van der Waals surface area contributed by atoms with Gasteiger partial charge in [-0.05, 0) is 86.9 Å². The average molecular weight is 610 g/mol. The number of imidazole rings is 2. The maximum atomic E-state index is 16.5. The first-order valence-corrected chi connectivity index (χ1v) is 16.5. The van der Waals surface area contributed by atoms with Crippen molar-refractivity contribution in [3.05, 3.63) is 88.5 Å². The van der Waals surface area contributed by atoms with Gasteiger partial charge >= 0.3 is 0 Å². The van der Waals surface area contributed by atoms with Gasteiger partial charge < -0.3 is 25.5 Å². The zero-order chi connectivity index (χ0) is 30.9. The second-order valence-corrected chi connectivity index (χ2v) is 14.1. The number of hydrogen-bond acceptors (Lipinski definition) is 5. The number of aromatic amines is 2. The molecule has 3 saturated heterocycles. The lowest BCUT2D eigenvalue weighted by molar-refractivity contribution is 0.567. The number of nitrogens with zero attached hydrogens (tertiary/aromatic N) is 3. The van der Waals surface area contributed by atoms with Gasteiger partial charge in [-0.25, -0.2) is 18.7 Å². The molecule has 5 aromatic rings. The van der Waals surface area contributed by atoms with E-state index in [1.54, 1.807) is 0 Å². The molecule has 0 saturated carbocycles. The molecule has 45 heavy (non-hydrogen) atoms. The van der Waals surface area contributed by atoms with Gasteiger partial charge in [0.05, 0.1) is 35.2 Å². The Morgan fingerprint density at radius 1 is 0.667 bits per heavy atom. The van der Waals surface area contributed by atoms with E-state index in [0.717, 1.165) is 56.1 Å². The van der Waals surface area contributed by atoms with E-state index in [4.69, 9.17) is 9.97 Å².